The minimum Gasteiger partial charge on any atom is -0.309 e. The van der Waals surface area contributed by atoms with Gasteiger partial charge in [0.15, 0.2) is 0 Å². The number of rotatable bonds is 8. The van der Waals surface area contributed by atoms with Crippen LogP contribution in [0.3, 0.4) is 0 Å². The smallest absolute Gasteiger partial charge is 0.0562 e. The Morgan fingerprint density at radius 3 is 1.29 bits per heavy atom. The molecule has 0 N–H and O–H groups in total. The van der Waals surface area contributed by atoms with E-state index in [4.69, 9.17) is 0 Å². The molecule has 10 rings (SSSR count). The maximum atomic E-state index is 2.48. The Labute approximate surface area is 327 Å². The molecule has 1 aromatic heterocycles. The Morgan fingerprint density at radius 1 is 0.286 bits per heavy atom. The fourth-order valence-electron chi connectivity index (χ4n) is 8.31. The van der Waals surface area contributed by atoms with Crippen molar-refractivity contribution in [2.45, 2.75) is 0 Å². The third-order valence-electron chi connectivity index (χ3n) is 10.8. The third kappa shape index (κ3) is 5.85. The molecule has 2 heteroatoms. The molecule has 2 nitrogen and oxygen atoms in total. The first-order valence-corrected chi connectivity index (χ1v) is 19.2. The summed E-state index contributed by atoms with van der Waals surface area (Å²) in [6.07, 6.45) is 0. The minimum atomic E-state index is 1.12. The van der Waals surface area contributed by atoms with Crippen molar-refractivity contribution >= 4 is 38.9 Å². The summed E-state index contributed by atoms with van der Waals surface area (Å²) in [5.41, 5.74) is 16.3. The van der Waals surface area contributed by atoms with E-state index in [-0.39, 0.29) is 0 Å². The largest absolute Gasteiger partial charge is 0.309 e. The number of hydrogen-bond donors (Lipinski definition) is 0. The highest BCUT2D eigenvalue weighted by Gasteiger charge is 2.25. The van der Waals surface area contributed by atoms with Gasteiger partial charge in [-0.1, -0.05) is 188 Å². The molecule has 0 saturated heterocycles. The van der Waals surface area contributed by atoms with Gasteiger partial charge in [-0.25, -0.2) is 0 Å². The first-order chi connectivity index (χ1) is 27.8. The molecule has 0 aliphatic rings. The van der Waals surface area contributed by atoms with Crippen LogP contribution in [-0.4, -0.2) is 4.57 Å². The van der Waals surface area contributed by atoms with Crippen molar-refractivity contribution in [2.75, 3.05) is 4.90 Å². The molecular formula is C54H38N2. The Hall–Kier alpha value is -7.42. The zero-order valence-electron chi connectivity index (χ0n) is 30.8. The number of benzene rings is 9. The third-order valence-corrected chi connectivity index (χ3v) is 10.8. The van der Waals surface area contributed by atoms with Crippen LogP contribution in [0.1, 0.15) is 0 Å². The van der Waals surface area contributed by atoms with Gasteiger partial charge in [-0.15, -0.1) is 0 Å². The summed E-state index contributed by atoms with van der Waals surface area (Å²) in [4.78, 5) is 2.48. The van der Waals surface area contributed by atoms with Gasteiger partial charge in [0.1, 0.15) is 0 Å². The van der Waals surface area contributed by atoms with Crippen molar-refractivity contribution in [2.24, 2.45) is 0 Å². The first kappa shape index (κ1) is 33.2. The van der Waals surface area contributed by atoms with Crippen molar-refractivity contribution in [3.8, 4) is 50.2 Å². The van der Waals surface area contributed by atoms with Gasteiger partial charge in [0.05, 0.1) is 28.1 Å². The zero-order chi connectivity index (χ0) is 37.3. The number of anilines is 3. The molecule has 1 heterocycles. The molecule has 0 aliphatic heterocycles. The molecule has 0 fully saturated rings. The lowest BCUT2D eigenvalue weighted by Gasteiger charge is -2.30. The molecule has 0 radical (unpaired) electrons. The number of fused-ring (bicyclic) bond motifs is 3. The average molecular weight is 715 g/mol. The molecule has 9 aromatic carbocycles. The summed E-state index contributed by atoms with van der Waals surface area (Å²) in [6, 6.07) is 83.1. The predicted molar refractivity (Wildman–Crippen MR) is 237 cm³/mol. The zero-order valence-corrected chi connectivity index (χ0v) is 30.8. The monoisotopic (exact) mass is 714 g/mol. The van der Waals surface area contributed by atoms with E-state index in [9.17, 15) is 0 Å². The fraction of sp³-hybridized carbons (Fsp3) is 0. The van der Waals surface area contributed by atoms with Gasteiger partial charge in [0.2, 0.25) is 0 Å². The summed E-state index contributed by atoms with van der Waals surface area (Å²) >= 11 is 0. The molecule has 0 amide bonds. The maximum Gasteiger partial charge on any atom is 0.0562 e. The first-order valence-electron chi connectivity index (χ1n) is 19.2. The van der Waals surface area contributed by atoms with E-state index in [0.717, 1.165) is 33.8 Å². The standard InChI is InChI=1S/C54H38N2/c1-5-20-39(21-6-1)44-37-36-43(38-48(44)42-26-11-4-12-27-42)55-51-33-18-15-30-47(51)54-52(55)34-19-35-53(54)56(49-31-16-13-28-45(49)40-22-7-2-8-23-40)50-32-17-14-29-46(50)41-24-9-3-10-25-41/h1-38H. The van der Waals surface area contributed by atoms with E-state index in [0.29, 0.717) is 0 Å². The van der Waals surface area contributed by atoms with Gasteiger partial charge < -0.3 is 9.47 Å². The van der Waals surface area contributed by atoms with Gasteiger partial charge in [-0.3, -0.25) is 0 Å². The second-order valence-electron chi connectivity index (χ2n) is 14.1. The lowest BCUT2D eigenvalue weighted by Crippen LogP contribution is -2.13. The topological polar surface area (TPSA) is 8.17 Å². The van der Waals surface area contributed by atoms with Crippen LogP contribution in [0.25, 0.3) is 72.0 Å². The van der Waals surface area contributed by atoms with Gasteiger partial charge in [-0.2, -0.15) is 0 Å². The van der Waals surface area contributed by atoms with Crippen molar-refractivity contribution < 1.29 is 0 Å². The molecular weight excluding hydrogens is 677 g/mol. The van der Waals surface area contributed by atoms with Crippen LogP contribution in [-0.2, 0) is 0 Å². The molecule has 0 bridgehead atoms. The SMILES string of the molecule is c1ccc(-c2ccc(-n3c4ccccc4c4c(N(c5ccccc5-c5ccccc5)c5ccccc5-c5ccccc5)cccc43)cc2-c2ccccc2)cc1. The van der Waals surface area contributed by atoms with Gasteiger partial charge in [0, 0.05) is 27.6 Å². The predicted octanol–water partition coefficient (Wildman–Crippen LogP) is 14.9. The van der Waals surface area contributed by atoms with E-state index in [2.05, 4.69) is 240 Å². The summed E-state index contributed by atoms with van der Waals surface area (Å²) in [6.45, 7) is 0. The van der Waals surface area contributed by atoms with Gasteiger partial charge in [-0.05, 0) is 75.8 Å². The quantitative estimate of drug-likeness (QED) is 0.152. The highest BCUT2D eigenvalue weighted by atomic mass is 15.2. The summed E-state index contributed by atoms with van der Waals surface area (Å²) < 4.78 is 2.44. The van der Waals surface area contributed by atoms with Gasteiger partial charge in [0.25, 0.3) is 0 Å². The van der Waals surface area contributed by atoms with E-state index < -0.39 is 0 Å². The Kier molecular flexibility index (Phi) is 8.55. The summed E-state index contributed by atoms with van der Waals surface area (Å²) in [5.74, 6) is 0. The maximum absolute atomic E-state index is 2.48. The van der Waals surface area contributed by atoms with Crippen LogP contribution in [0.2, 0.25) is 0 Å². The second kappa shape index (κ2) is 14.4. The van der Waals surface area contributed by atoms with E-state index in [1.54, 1.807) is 0 Å². The Balaban J connectivity index is 1.27. The van der Waals surface area contributed by atoms with Crippen LogP contribution in [0.5, 0.6) is 0 Å². The minimum absolute atomic E-state index is 1.12. The molecule has 0 atom stereocenters. The van der Waals surface area contributed by atoms with Crippen LogP contribution in [0.15, 0.2) is 231 Å². The molecule has 10 aromatic rings. The normalized spacial score (nSPS) is 11.2. The van der Waals surface area contributed by atoms with E-state index in [1.807, 2.05) is 0 Å². The van der Waals surface area contributed by atoms with Gasteiger partial charge >= 0.3 is 0 Å². The second-order valence-corrected chi connectivity index (χ2v) is 14.1. The average Bonchev–Trinajstić information content (AvgIpc) is 3.63. The van der Waals surface area contributed by atoms with Crippen molar-refractivity contribution in [3.63, 3.8) is 0 Å². The molecule has 0 unspecified atom stereocenters. The van der Waals surface area contributed by atoms with Crippen LogP contribution >= 0.6 is 0 Å². The molecule has 264 valence electrons. The van der Waals surface area contributed by atoms with Crippen LogP contribution < -0.4 is 4.90 Å². The number of para-hydroxylation sites is 3. The fourth-order valence-corrected chi connectivity index (χ4v) is 8.31. The highest BCUT2D eigenvalue weighted by Crippen LogP contribution is 2.49. The Bertz CT molecular complexity index is 2860. The Morgan fingerprint density at radius 2 is 0.714 bits per heavy atom. The van der Waals surface area contributed by atoms with E-state index in [1.165, 1.54) is 55.3 Å². The molecule has 56 heavy (non-hydrogen) atoms. The molecule has 0 saturated carbocycles. The number of nitrogens with zero attached hydrogens (tertiary/aromatic N) is 2. The highest BCUT2D eigenvalue weighted by molar-refractivity contribution is 6.17. The van der Waals surface area contributed by atoms with E-state index >= 15 is 0 Å². The van der Waals surface area contributed by atoms with Crippen molar-refractivity contribution in [1.82, 2.24) is 4.57 Å². The van der Waals surface area contributed by atoms with Crippen molar-refractivity contribution in [1.29, 1.82) is 0 Å². The lowest BCUT2D eigenvalue weighted by atomic mass is 9.94. The van der Waals surface area contributed by atoms with Crippen LogP contribution in [0.4, 0.5) is 17.1 Å². The van der Waals surface area contributed by atoms with Crippen molar-refractivity contribution in [3.05, 3.63) is 231 Å². The lowest BCUT2D eigenvalue weighted by molar-refractivity contribution is 1.18. The number of aromatic nitrogens is 1. The number of hydrogen-bond acceptors (Lipinski definition) is 1. The summed E-state index contributed by atoms with van der Waals surface area (Å²) in [5, 5.41) is 2.40. The summed E-state index contributed by atoms with van der Waals surface area (Å²) in [7, 11) is 0. The molecule has 0 aliphatic carbocycles. The molecule has 0 spiro atoms. The van der Waals surface area contributed by atoms with Crippen LogP contribution in [0, 0.1) is 0 Å².